The summed E-state index contributed by atoms with van der Waals surface area (Å²) < 4.78 is 0. The normalized spacial score (nSPS) is 17.2. The summed E-state index contributed by atoms with van der Waals surface area (Å²) in [6, 6.07) is 26.6. The lowest BCUT2D eigenvalue weighted by molar-refractivity contribution is 0.564. The molecule has 0 spiro atoms. The molecule has 0 bridgehead atoms. The van der Waals surface area contributed by atoms with Crippen LogP contribution >= 0.6 is 0 Å². The number of aromatic nitrogens is 1. The van der Waals surface area contributed by atoms with Crippen molar-refractivity contribution in [1.29, 1.82) is 0 Å². The van der Waals surface area contributed by atoms with Gasteiger partial charge in [-0.3, -0.25) is 9.98 Å². The predicted octanol–water partition coefficient (Wildman–Crippen LogP) is 8.33. The van der Waals surface area contributed by atoms with E-state index in [0.717, 1.165) is 5.69 Å². The lowest BCUT2D eigenvalue weighted by atomic mass is 9.88. The second-order valence-electron chi connectivity index (χ2n) is 9.34. The number of hydrogen-bond donors (Lipinski definition) is 0. The molecule has 0 amide bonds. The smallest absolute Gasteiger partial charge is 0.0811 e. The summed E-state index contributed by atoms with van der Waals surface area (Å²) in [6.07, 6.45) is 8.08. The average Bonchev–Trinajstić information content (AvgIpc) is 2.86. The predicted molar refractivity (Wildman–Crippen MR) is 144 cm³/mol. The number of hydrogen-bond acceptors (Lipinski definition) is 2. The Bertz CT molecular complexity index is 1410. The van der Waals surface area contributed by atoms with E-state index in [0.29, 0.717) is 5.92 Å². The van der Waals surface area contributed by atoms with E-state index in [1.54, 1.807) is 0 Å². The van der Waals surface area contributed by atoms with E-state index in [1.807, 2.05) is 24.6 Å². The summed E-state index contributed by atoms with van der Waals surface area (Å²) in [7, 11) is 0. The zero-order valence-electron chi connectivity index (χ0n) is 20.3. The number of nitrogens with zero attached hydrogens (tertiary/aromatic N) is 2. The van der Waals surface area contributed by atoms with Gasteiger partial charge in [-0.2, -0.15) is 0 Å². The minimum absolute atomic E-state index is 0.175. The molecular weight excluding hydrogens is 412 g/mol. The molecule has 0 N–H and O–H groups in total. The van der Waals surface area contributed by atoms with Crippen LogP contribution in [-0.2, 0) is 0 Å². The first-order chi connectivity index (χ1) is 16.5. The maximum absolute atomic E-state index is 4.78. The van der Waals surface area contributed by atoms with E-state index in [2.05, 4.69) is 105 Å². The van der Waals surface area contributed by atoms with Crippen LogP contribution in [0.15, 0.2) is 96.1 Å². The Morgan fingerprint density at radius 1 is 0.676 bits per heavy atom. The van der Waals surface area contributed by atoms with Crippen LogP contribution in [0.2, 0.25) is 0 Å². The van der Waals surface area contributed by atoms with Crippen molar-refractivity contribution in [3.05, 3.63) is 113 Å². The number of allylic oxidation sites excluding steroid dienone is 1. The molecule has 168 valence electrons. The van der Waals surface area contributed by atoms with E-state index in [-0.39, 0.29) is 6.04 Å². The van der Waals surface area contributed by atoms with Crippen molar-refractivity contribution >= 4 is 6.21 Å². The molecule has 2 nitrogen and oxygen atoms in total. The van der Waals surface area contributed by atoms with Crippen LogP contribution in [0.3, 0.4) is 0 Å². The first-order valence-corrected chi connectivity index (χ1v) is 12.0. The standard InChI is InChI=1S/C32H30N2/c1-21-12-14-27(19-29(21)31-23(3)8-6-16-33-31)25-10-5-11-26(18-25)28-15-13-22(2)30(20-28)32-24(4)9-7-17-34-32/h5-20,23,31H,1-4H3. The van der Waals surface area contributed by atoms with Gasteiger partial charge in [0.2, 0.25) is 0 Å². The van der Waals surface area contributed by atoms with Crippen molar-refractivity contribution in [3.63, 3.8) is 0 Å². The molecule has 0 saturated heterocycles. The average molecular weight is 443 g/mol. The Morgan fingerprint density at radius 2 is 1.38 bits per heavy atom. The van der Waals surface area contributed by atoms with Crippen molar-refractivity contribution in [1.82, 2.24) is 4.98 Å². The van der Waals surface area contributed by atoms with E-state index in [9.17, 15) is 0 Å². The molecule has 5 rings (SSSR count). The number of benzene rings is 3. The summed E-state index contributed by atoms with van der Waals surface area (Å²) in [5, 5.41) is 0. The van der Waals surface area contributed by atoms with Crippen molar-refractivity contribution in [2.45, 2.75) is 33.7 Å². The zero-order chi connectivity index (χ0) is 23.7. The lowest BCUT2D eigenvalue weighted by Gasteiger charge is -2.22. The van der Waals surface area contributed by atoms with Gasteiger partial charge in [0.25, 0.3) is 0 Å². The first-order valence-electron chi connectivity index (χ1n) is 12.0. The van der Waals surface area contributed by atoms with Gasteiger partial charge >= 0.3 is 0 Å². The van der Waals surface area contributed by atoms with Gasteiger partial charge in [-0.1, -0.05) is 61.5 Å². The van der Waals surface area contributed by atoms with Gasteiger partial charge in [-0.15, -0.1) is 0 Å². The molecule has 34 heavy (non-hydrogen) atoms. The number of aryl methyl sites for hydroxylation is 3. The van der Waals surface area contributed by atoms with Crippen LogP contribution in [-0.4, -0.2) is 11.2 Å². The van der Waals surface area contributed by atoms with Crippen LogP contribution in [0.1, 0.15) is 35.2 Å². The Balaban J connectivity index is 1.54. The zero-order valence-corrected chi connectivity index (χ0v) is 20.3. The molecule has 2 heterocycles. The van der Waals surface area contributed by atoms with Gasteiger partial charge in [0.05, 0.1) is 11.7 Å². The third kappa shape index (κ3) is 4.24. The van der Waals surface area contributed by atoms with E-state index in [1.165, 1.54) is 50.1 Å². The van der Waals surface area contributed by atoms with Crippen LogP contribution in [0.25, 0.3) is 33.5 Å². The van der Waals surface area contributed by atoms with Gasteiger partial charge in [-0.25, -0.2) is 0 Å². The topological polar surface area (TPSA) is 25.2 Å². The van der Waals surface area contributed by atoms with Gasteiger partial charge in [-0.05, 0) is 95.6 Å². The molecule has 1 aliphatic heterocycles. The third-order valence-electron chi connectivity index (χ3n) is 6.87. The van der Waals surface area contributed by atoms with Crippen molar-refractivity contribution in [3.8, 4) is 33.5 Å². The third-order valence-corrected chi connectivity index (χ3v) is 6.87. The van der Waals surface area contributed by atoms with Crippen LogP contribution < -0.4 is 0 Å². The number of aliphatic imine (C=N–C) groups is 1. The van der Waals surface area contributed by atoms with Crippen LogP contribution in [0.5, 0.6) is 0 Å². The fourth-order valence-electron chi connectivity index (χ4n) is 4.81. The molecular formula is C32H30N2. The molecule has 2 unspecified atom stereocenters. The quantitative estimate of drug-likeness (QED) is 0.312. The SMILES string of the molecule is Cc1ccc(-c2cccc(-c3ccc(C)c(C4N=CC=CC4C)c3)c2)cc1-c1ncccc1C. The molecule has 0 fully saturated rings. The van der Waals surface area contributed by atoms with Crippen molar-refractivity contribution in [2.24, 2.45) is 10.9 Å². The monoisotopic (exact) mass is 442 g/mol. The molecule has 0 saturated carbocycles. The molecule has 0 aliphatic carbocycles. The molecule has 2 heteroatoms. The minimum Gasteiger partial charge on any atom is -0.284 e. The van der Waals surface area contributed by atoms with E-state index < -0.39 is 0 Å². The highest BCUT2D eigenvalue weighted by Gasteiger charge is 2.20. The van der Waals surface area contributed by atoms with Gasteiger partial charge < -0.3 is 0 Å². The Kier molecular flexibility index (Phi) is 5.98. The molecule has 4 aromatic rings. The summed E-state index contributed by atoms with van der Waals surface area (Å²) in [5.41, 5.74) is 12.1. The lowest BCUT2D eigenvalue weighted by Crippen LogP contribution is -2.10. The molecule has 1 aliphatic rings. The Morgan fingerprint density at radius 3 is 2.12 bits per heavy atom. The van der Waals surface area contributed by atoms with Crippen molar-refractivity contribution in [2.75, 3.05) is 0 Å². The highest BCUT2D eigenvalue weighted by molar-refractivity contribution is 5.78. The summed E-state index contributed by atoms with van der Waals surface area (Å²) >= 11 is 0. The first kappa shape index (κ1) is 22.0. The largest absolute Gasteiger partial charge is 0.284 e. The van der Waals surface area contributed by atoms with E-state index in [4.69, 9.17) is 4.99 Å². The van der Waals surface area contributed by atoms with Gasteiger partial charge in [0.1, 0.15) is 0 Å². The van der Waals surface area contributed by atoms with E-state index >= 15 is 0 Å². The summed E-state index contributed by atoms with van der Waals surface area (Å²) in [5.74, 6) is 0.395. The Labute approximate surface area is 202 Å². The highest BCUT2D eigenvalue weighted by atomic mass is 14.8. The molecule has 1 aromatic heterocycles. The maximum atomic E-state index is 4.78. The van der Waals surface area contributed by atoms with Crippen LogP contribution in [0.4, 0.5) is 0 Å². The van der Waals surface area contributed by atoms with Crippen molar-refractivity contribution < 1.29 is 0 Å². The van der Waals surface area contributed by atoms with Gasteiger partial charge in [0, 0.05) is 23.9 Å². The maximum Gasteiger partial charge on any atom is 0.0811 e. The number of pyridine rings is 1. The second kappa shape index (κ2) is 9.23. The summed E-state index contributed by atoms with van der Waals surface area (Å²) in [6.45, 7) is 8.70. The van der Waals surface area contributed by atoms with Crippen LogP contribution in [0, 0.1) is 26.7 Å². The highest BCUT2D eigenvalue weighted by Crippen LogP contribution is 2.36. The fourth-order valence-corrected chi connectivity index (χ4v) is 4.81. The molecule has 0 radical (unpaired) electrons. The number of dihydropyridines is 1. The fraction of sp³-hybridized carbons (Fsp3) is 0.188. The molecule has 2 atom stereocenters. The Hall–Kier alpha value is -3.78. The summed E-state index contributed by atoms with van der Waals surface area (Å²) in [4.78, 5) is 9.44. The minimum atomic E-state index is 0.175. The number of rotatable bonds is 4. The molecule has 3 aromatic carbocycles. The second-order valence-corrected chi connectivity index (χ2v) is 9.34. The van der Waals surface area contributed by atoms with Gasteiger partial charge in [0.15, 0.2) is 0 Å².